The molecule has 0 saturated carbocycles. The summed E-state index contributed by atoms with van der Waals surface area (Å²) in [5, 5.41) is 2.24. The van der Waals surface area contributed by atoms with E-state index in [4.69, 9.17) is 4.42 Å². The Morgan fingerprint density at radius 3 is 1.66 bits per heavy atom. The summed E-state index contributed by atoms with van der Waals surface area (Å²) in [7, 11) is 0. The first-order chi connectivity index (χ1) is 36.6. The highest BCUT2D eigenvalue weighted by Crippen LogP contribution is 2.53. The van der Waals surface area contributed by atoms with Crippen molar-refractivity contribution in [2.24, 2.45) is 0 Å². The molecule has 9 aromatic carbocycles. The lowest BCUT2D eigenvalue weighted by atomic mass is 9.33. The Balaban J connectivity index is 1.09. The number of para-hydroxylation sites is 1. The van der Waals surface area contributed by atoms with Crippen molar-refractivity contribution in [3.8, 4) is 11.1 Å². The molecule has 0 radical (unpaired) electrons. The van der Waals surface area contributed by atoms with Crippen LogP contribution in [0.5, 0.6) is 0 Å². The molecule has 4 nitrogen and oxygen atoms in total. The van der Waals surface area contributed by atoms with Crippen LogP contribution < -0.4 is 31.1 Å². The van der Waals surface area contributed by atoms with Crippen molar-refractivity contribution in [2.75, 3.05) is 14.7 Å². The zero-order valence-electron chi connectivity index (χ0n) is 47.5. The van der Waals surface area contributed by atoms with Crippen LogP contribution in [0.4, 0.5) is 51.2 Å². The standard InChI is InChI=1S/C72H70BN3O/c1-43-35-63-67-64(36-43)76(52-29-32-56-55-20-16-18-22-65(55)77-66(56)42-52)62-41-51(74(49-26-23-46(24-27-49)69(4,5)6)68-44(2)37-48(38-45(68)3)71(10,11)12)30-34-60(62)73(67)59-33-25-47(70(7,8)9)39-61(59)75(63)50-28-31-54-53-19-15-17-21-57(53)72(13,14)58(54)40-50/h15-42H,1-14H3. The van der Waals surface area contributed by atoms with Crippen LogP contribution in [0.2, 0.25) is 0 Å². The van der Waals surface area contributed by atoms with Crippen LogP contribution >= 0.6 is 0 Å². The number of nitrogens with zero attached hydrogens (tertiary/aromatic N) is 3. The van der Waals surface area contributed by atoms with E-state index in [-0.39, 0.29) is 28.4 Å². The molecule has 1 aliphatic carbocycles. The smallest absolute Gasteiger partial charge is 0.252 e. The SMILES string of the molecule is Cc1cc2c3c(c1)N(c1ccc4c(c1)C(C)(C)c1ccccc1-4)c1cc(C(C)(C)C)ccc1B3c1ccc(N(c3ccc(C(C)(C)C)cc3)c3c(C)cc(C(C)(C)C)cc3C)cc1N2c1ccc2c(c1)oc1ccccc12. The van der Waals surface area contributed by atoms with Gasteiger partial charge in [-0.25, -0.2) is 0 Å². The van der Waals surface area contributed by atoms with Crippen LogP contribution in [-0.2, 0) is 21.7 Å². The van der Waals surface area contributed by atoms with Gasteiger partial charge in [-0.3, -0.25) is 0 Å². The minimum Gasteiger partial charge on any atom is -0.456 e. The van der Waals surface area contributed by atoms with Crippen LogP contribution in [-0.4, -0.2) is 6.71 Å². The van der Waals surface area contributed by atoms with Crippen molar-refractivity contribution in [3.63, 3.8) is 0 Å². The van der Waals surface area contributed by atoms with Gasteiger partial charge in [0.25, 0.3) is 6.71 Å². The van der Waals surface area contributed by atoms with Crippen LogP contribution in [0.15, 0.2) is 174 Å². The van der Waals surface area contributed by atoms with Gasteiger partial charge in [0.05, 0.1) is 5.69 Å². The Bertz CT molecular complexity index is 4060. The van der Waals surface area contributed by atoms with Crippen molar-refractivity contribution in [3.05, 3.63) is 214 Å². The predicted molar refractivity (Wildman–Crippen MR) is 330 cm³/mol. The molecule has 0 N–H and O–H groups in total. The Morgan fingerprint density at radius 1 is 0.442 bits per heavy atom. The van der Waals surface area contributed by atoms with E-state index in [0.717, 1.165) is 44.7 Å². The second kappa shape index (κ2) is 16.9. The maximum atomic E-state index is 6.73. The highest BCUT2D eigenvalue weighted by molar-refractivity contribution is 7.00. The molecule has 3 aliphatic rings. The monoisotopic (exact) mass is 1000 g/mol. The van der Waals surface area contributed by atoms with Crippen molar-refractivity contribution in [1.29, 1.82) is 0 Å². The third-order valence-corrected chi connectivity index (χ3v) is 17.3. The van der Waals surface area contributed by atoms with Gasteiger partial charge in [0.15, 0.2) is 0 Å². The topological polar surface area (TPSA) is 22.9 Å². The third-order valence-electron chi connectivity index (χ3n) is 17.3. The van der Waals surface area contributed by atoms with Crippen LogP contribution in [0.3, 0.4) is 0 Å². The Kier molecular flexibility index (Phi) is 10.7. The summed E-state index contributed by atoms with van der Waals surface area (Å²) in [5.41, 5.74) is 29.0. The quantitative estimate of drug-likeness (QED) is 0.160. The molecular formula is C72H70BN3O. The minimum atomic E-state index is -0.153. The first-order valence-corrected chi connectivity index (χ1v) is 27.8. The van der Waals surface area contributed by atoms with E-state index in [2.05, 4.69) is 281 Å². The van der Waals surface area contributed by atoms with E-state index >= 15 is 0 Å². The molecule has 0 atom stereocenters. The third kappa shape index (κ3) is 7.62. The number of fused-ring (bicyclic) bond motifs is 10. The molecule has 13 rings (SSSR count). The van der Waals surface area contributed by atoms with Gasteiger partial charge in [0.1, 0.15) is 11.2 Å². The first-order valence-electron chi connectivity index (χ1n) is 27.8. The summed E-state index contributed by atoms with van der Waals surface area (Å²) in [5.74, 6) is 0. The number of benzene rings is 9. The van der Waals surface area contributed by atoms with Gasteiger partial charge in [0, 0.05) is 67.8 Å². The van der Waals surface area contributed by atoms with Crippen LogP contribution in [0, 0.1) is 20.8 Å². The first kappa shape index (κ1) is 48.9. The highest BCUT2D eigenvalue weighted by Gasteiger charge is 2.45. The lowest BCUT2D eigenvalue weighted by molar-refractivity contribution is 0.589. The summed E-state index contributed by atoms with van der Waals surface area (Å²) in [6, 6.07) is 65.1. The second-order valence-corrected chi connectivity index (χ2v) is 26.1. The molecule has 5 heteroatoms. The Labute approximate surface area is 457 Å². The molecule has 2 aliphatic heterocycles. The van der Waals surface area contributed by atoms with Crippen LogP contribution in [0.25, 0.3) is 33.1 Å². The maximum absolute atomic E-state index is 6.73. The molecule has 0 fully saturated rings. The average Bonchev–Trinajstić information content (AvgIpc) is 3.95. The molecule has 3 heterocycles. The summed E-state index contributed by atoms with van der Waals surface area (Å²) in [6.07, 6.45) is 0. The van der Waals surface area contributed by atoms with E-state index in [9.17, 15) is 0 Å². The van der Waals surface area contributed by atoms with Gasteiger partial charge in [-0.05, 0) is 182 Å². The molecule has 0 saturated heterocycles. The summed E-state index contributed by atoms with van der Waals surface area (Å²) < 4.78 is 6.73. The molecule has 0 unspecified atom stereocenters. The summed E-state index contributed by atoms with van der Waals surface area (Å²) in [4.78, 5) is 7.66. The fraction of sp³-hybridized carbons (Fsp3) is 0.250. The molecule has 0 spiro atoms. The molecule has 382 valence electrons. The van der Waals surface area contributed by atoms with E-state index in [1.807, 2.05) is 0 Å². The molecule has 0 bridgehead atoms. The fourth-order valence-corrected chi connectivity index (χ4v) is 13.2. The van der Waals surface area contributed by atoms with E-state index in [1.54, 1.807) is 0 Å². The normalized spacial score (nSPS) is 14.4. The van der Waals surface area contributed by atoms with Crippen molar-refractivity contribution >= 4 is 96.2 Å². The number of hydrogen-bond donors (Lipinski definition) is 0. The maximum Gasteiger partial charge on any atom is 0.252 e. The van der Waals surface area contributed by atoms with Gasteiger partial charge in [-0.2, -0.15) is 0 Å². The largest absolute Gasteiger partial charge is 0.456 e. The highest BCUT2D eigenvalue weighted by atomic mass is 16.3. The second-order valence-electron chi connectivity index (χ2n) is 26.1. The predicted octanol–water partition coefficient (Wildman–Crippen LogP) is 18.3. The number of anilines is 9. The minimum absolute atomic E-state index is 0.00732. The number of rotatable bonds is 5. The van der Waals surface area contributed by atoms with Crippen molar-refractivity contribution in [1.82, 2.24) is 0 Å². The van der Waals surface area contributed by atoms with Gasteiger partial charge in [-0.1, -0.05) is 167 Å². The van der Waals surface area contributed by atoms with E-state index < -0.39 is 0 Å². The summed E-state index contributed by atoms with van der Waals surface area (Å²) >= 11 is 0. The molecule has 10 aromatic rings. The van der Waals surface area contributed by atoms with E-state index in [0.29, 0.717) is 0 Å². The van der Waals surface area contributed by atoms with Crippen LogP contribution in [0.1, 0.15) is 121 Å². The lowest BCUT2D eigenvalue weighted by Crippen LogP contribution is -2.61. The Morgan fingerprint density at radius 2 is 0.987 bits per heavy atom. The lowest BCUT2D eigenvalue weighted by Gasteiger charge is -2.45. The van der Waals surface area contributed by atoms with Gasteiger partial charge >= 0.3 is 0 Å². The zero-order valence-corrected chi connectivity index (χ0v) is 47.5. The molecular weight excluding hydrogens is 934 g/mol. The molecule has 77 heavy (non-hydrogen) atoms. The van der Waals surface area contributed by atoms with E-state index in [1.165, 1.54) is 100 Å². The fourth-order valence-electron chi connectivity index (χ4n) is 13.2. The molecule has 1 aromatic heterocycles. The van der Waals surface area contributed by atoms with Gasteiger partial charge in [-0.15, -0.1) is 0 Å². The van der Waals surface area contributed by atoms with Crippen molar-refractivity contribution in [2.45, 2.75) is 119 Å². The number of aryl methyl sites for hydroxylation is 3. The summed E-state index contributed by atoms with van der Waals surface area (Å²) in [6.45, 7) is 32.4. The molecule has 0 amide bonds. The van der Waals surface area contributed by atoms with Crippen molar-refractivity contribution < 1.29 is 4.42 Å². The Hall–Kier alpha value is -7.76. The number of hydrogen-bond acceptors (Lipinski definition) is 4. The zero-order chi connectivity index (χ0) is 53.8. The van der Waals surface area contributed by atoms with Gasteiger partial charge in [0.2, 0.25) is 0 Å². The van der Waals surface area contributed by atoms with Gasteiger partial charge < -0.3 is 19.1 Å². The average molecular weight is 1000 g/mol. The number of furan rings is 1.